The Hall–Kier alpha value is -1.57. The molecule has 0 bridgehead atoms. The molecule has 0 spiro atoms. The van der Waals surface area contributed by atoms with E-state index in [9.17, 15) is 0 Å². The number of unbranched alkanes of at least 4 members (excludes halogenated alkanes) is 7. The number of imidazole rings is 1. The molecule has 2 nitrogen and oxygen atoms in total. The van der Waals surface area contributed by atoms with Gasteiger partial charge in [-0.2, -0.15) is 0 Å². The van der Waals surface area contributed by atoms with Gasteiger partial charge in [-0.05, 0) is 31.2 Å². The fourth-order valence-electron chi connectivity index (χ4n) is 3.78. The zero-order valence-corrected chi connectivity index (χ0v) is 17.9. The van der Waals surface area contributed by atoms with Crippen LogP contribution in [-0.4, -0.2) is 9.55 Å². The highest BCUT2D eigenvalue weighted by molar-refractivity contribution is 5.15. The SMILES string of the molecule is CCCCCCCCCCn1cc(CCCc2ccccc2)nc1C(C)C. The van der Waals surface area contributed by atoms with Crippen LogP contribution in [0.4, 0.5) is 0 Å². The summed E-state index contributed by atoms with van der Waals surface area (Å²) in [5.41, 5.74) is 2.70. The van der Waals surface area contributed by atoms with Crippen LogP contribution in [0.25, 0.3) is 0 Å². The van der Waals surface area contributed by atoms with Crippen molar-refractivity contribution in [2.45, 2.75) is 104 Å². The van der Waals surface area contributed by atoms with Crippen LogP contribution in [0, 0.1) is 0 Å². The van der Waals surface area contributed by atoms with Crippen LogP contribution in [0.5, 0.6) is 0 Å². The second kappa shape index (κ2) is 12.8. The molecule has 0 atom stereocenters. The van der Waals surface area contributed by atoms with Gasteiger partial charge in [-0.3, -0.25) is 0 Å². The van der Waals surface area contributed by atoms with Crippen LogP contribution in [-0.2, 0) is 19.4 Å². The van der Waals surface area contributed by atoms with Crippen LogP contribution in [0.2, 0.25) is 0 Å². The number of benzene rings is 1. The zero-order chi connectivity index (χ0) is 19.3. The number of hydrogen-bond donors (Lipinski definition) is 0. The van der Waals surface area contributed by atoms with E-state index in [-0.39, 0.29) is 0 Å². The first kappa shape index (κ1) is 21.7. The molecule has 0 saturated carbocycles. The first-order valence-corrected chi connectivity index (χ1v) is 11.3. The maximum absolute atomic E-state index is 4.95. The lowest BCUT2D eigenvalue weighted by atomic mass is 10.1. The monoisotopic (exact) mass is 368 g/mol. The summed E-state index contributed by atoms with van der Waals surface area (Å²) in [5, 5.41) is 0. The fraction of sp³-hybridized carbons (Fsp3) is 0.640. The Morgan fingerprint density at radius 3 is 2.15 bits per heavy atom. The first-order chi connectivity index (χ1) is 13.2. The van der Waals surface area contributed by atoms with Crippen molar-refractivity contribution in [3.63, 3.8) is 0 Å². The van der Waals surface area contributed by atoms with Gasteiger partial charge in [0.15, 0.2) is 0 Å². The van der Waals surface area contributed by atoms with Crippen molar-refractivity contribution in [2.75, 3.05) is 0 Å². The minimum Gasteiger partial charge on any atom is -0.334 e. The fourth-order valence-corrected chi connectivity index (χ4v) is 3.78. The Bertz CT molecular complexity index is 613. The summed E-state index contributed by atoms with van der Waals surface area (Å²) in [6.45, 7) is 7.95. The Kier molecular flexibility index (Phi) is 10.3. The van der Waals surface area contributed by atoms with Crippen molar-refractivity contribution < 1.29 is 0 Å². The molecule has 2 rings (SSSR count). The van der Waals surface area contributed by atoms with Gasteiger partial charge in [-0.1, -0.05) is 96.0 Å². The van der Waals surface area contributed by atoms with Crippen molar-refractivity contribution in [1.29, 1.82) is 0 Å². The third kappa shape index (κ3) is 8.32. The number of rotatable bonds is 14. The van der Waals surface area contributed by atoms with E-state index < -0.39 is 0 Å². The minimum absolute atomic E-state index is 0.502. The van der Waals surface area contributed by atoms with Crippen molar-refractivity contribution in [1.82, 2.24) is 9.55 Å². The van der Waals surface area contributed by atoms with Gasteiger partial charge in [0, 0.05) is 18.7 Å². The summed E-state index contributed by atoms with van der Waals surface area (Å²) in [7, 11) is 0. The molecule has 0 amide bonds. The number of hydrogen-bond acceptors (Lipinski definition) is 1. The van der Waals surface area contributed by atoms with Gasteiger partial charge in [-0.25, -0.2) is 4.98 Å². The zero-order valence-electron chi connectivity index (χ0n) is 17.9. The van der Waals surface area contributed by atoms with Crippen LogP contribution < -0.4 is 0 Å². The summed E-state index contributed by atoms with van der Waals surface area (Å²) in [6.07, 6.45) is 16.7. The Morgan fingerprint density at radius 2 is 1.48 bits per heavy atom. The third-order valence-electron chi connectivity index (χ3n) is 5.37. The molecule has 0 aliphatic carbocycles. The number of nitrogens with zero attached hydrogens (tertiary/aromatic N) is 2. The maximum Gasteiger partial charge on any atom is 0.111 e. The molecule has 0 fully saturated rings. The lowest BCUT2D eigenvalue weighted by molar-refractivity contribution is 0.528. The molecule has 2 aromatic rings. The van der Waals surface area contributed by atoms with Crippen molar-refractivity contribution in [3.05, 3.63) is 53.6 Å². The van der Waals surface area contributed by atoms with Gasteiger partial charge in [0.1, 0.15) is 5.82 Å². The quantitative estimate of drug-likeness (QED) is 0.319. The highest BCUT2D eigenvalue weighted by Crippen LogP contribution is 2.18. The molecular formula is C25H40N2. The molecule has 150 valence electrons. The van der Waals surface area contributed by atoms with E-state index in [1.165, 1.54) is 74.9 Å². The molecule has 0 unspecified atom stereocenters. The van der Waals surface area contributed by atoms with E-state index in [1.54, 1.807) is 0 Å². The van der Waals surface area contributed by atoms with Crippen molar-refractivity contribution in [3.8, 4) is 0 Å². The first-order valence-electron chi connectivity index (χ1n) is 11.3. The summed E-state index contributed by atoms with van der Waals surface area (Å²) >= 11 is 0. The molecule has 2 heteroatoms. The summed E-state index contributed by atoms with van der Waals surface area (Å²) in [6, 6.07) is 10.8. The standard InChI is InChI=1S/C25H40N2/c1-4-5-6-7-8-9-10-14-20-27-21-24(26-25(27)22(2)3)19-15-18-23-16-12-11-13-17-23/h11-13,16-17,21-22H,4-10,14-15,18-20H2,1-3H3. The normalized spacial score (nSPS) is 11.4. The van der Waals surface area contributed by atoms with Gasteiger partial charge in [0.2, 0.25) is 0 Å². The molecule has 1 aromatic heterocycles. The Labute approximate surface area is 167 Å². The molecule has 0 aliphatic rings. The van der Waals surface area contributed by atoms with Gasteiger partial charge < -0.3 is 4.57 Å². The van der Waals surface area contributed by atoms with E-state index in [4.69, 9.17) is 4.98 Å². The predicted molar refractivity (Wildman–Crippen MR) is 117 cm³/mol. The average molecular weight is 369 g/mol. The van der Waals surface area contributed by atoms with E-state index >= 15 is 0 Å². The molecular weight excluding hydrogens is 328 g/mol. The molecule has 1 heterocycles. The van der Waals surface area contributed by atoms with E-state index in [0.717, 1.165) is 19.4 Å². The minimum atomic E-state index is 0.502. The molecule has 27 heavy (non-hydrogen) atoms. The summed E-state index contributed by atoms with van der Waals surface area (Å²) < 4.78 is 2.43. The molecule has 0 aliphatic heterocycles. The van der Waals surface area contributed by atoms with Crippen LogP contribution in [0.1, 0.15) is 102 Å². The Balaban J connectivity index is 1.73. The summed E-state index contributed by atoms with van der Waals surface area (Å²) in [4.78, 5) is 4.95. The van der Waals surface area contributed by atoms with E-state index in [2.05, 4.69) is 61.9 Å². The molecule has 0 saturated heterocycles. The van der Waals surface area contributed by atoms with Gasteiger partial charge in [-0.15, -0.1) is 0 Å². The average Bonchev–Trinajstić information content (AvgIpc) is 3.08. The van der Waals surface area contributed by atoms with Crippen LogP contribution >= 0.6 is 0 Å². The maximum atomic E-state index is 4.95. The van der Waals surface area contributed by atoms with Gasteiger partial charge in [0.05, 0.1) is 5.69 Å². The van der Waals surface area contributed by atoms with Gasteiger partial charge >= 0.3 is 0 Å². The highest BCUT2D eigenvalue weighted by atomic mass is 15.1. The van der Waals surface area contributed by atoms with E-state index in [0.29, 0.717) is 5.92 Å². The Morgan fingerprint density at radius 1 is 0.815 bits per heavy atom. The molecule has 1 aromatic carbocycles. The lowest BCUT2D eigenvalue weighted by Gasteiger charge is -2.10. The topological polar surface area (TPSA) is 17.8 Å². The highest BCUT2D eigenvalue weighted by Gasteiger charge is 2.11. The number of aromatic nitrogens is 2. The smallest absolute Gasteiger partial charge is 0.111 e. The largest absolute Gasteiger partial charge is 0.334 e. The summed E-state index contributed by atoms with van der Waals surface area (Å²) in [5.74, 6) is 1.77. The van der Waals surface area contributed by atoms with E-state index in [1.807, 2.05) is 0 Å². The molecule has 0 N–H and O–H groups in total. The third-order valence-corrected chi connectivity index (χ3v) is 5.37. The van der Waals surface area contributed by atoms with Crippen LogP contribution in [0.3, 0.4) is 0 Å². The predicted octanol–water partition coefficient (Wildman–Crippen LogP) is 7.32. The number of aryl methyl sites for hydroxylation is 3. The second-order valence-corrected chi connectivity index (χ2v) is 8.25. The molecule has 0 radical (unpaired) electrons. The van der Waals surface area contributed by atoms with Crippen molar-refractivity contribution in [2.24, 2.45) is 0 Å². The lowest BCUT2D eigenvalue weighted by Crippen LogP contribution is -2.04. The van der Waals surface area contributed by atoms with Crippen molar-refractivity contribution >= 4 is 0 Å². The van der Waals surface area contributed by atoms with Crippen LogP contribution in [0.15, 0.2) is 36.5 Å². The van der Waals surface area contributed by atoms with Gasteiger partial charge in [0.25, 0.3) is 0 Å². The second-order valence-electron chi connectivity index (χ2n) is 8.25.